The second-order valence-electron chi connectivity index (χ2n) is 2.01. The third-order valence-electron chi connectivity index (χ3n) is 0.534. The molecule has 0 amide bonds. The molecule has 6 nitrogen and oxygen atoms in total. The smallest absolute Gasteiger partial charge is 0.466 e. The molecule has 0 aromatic carbocycles. The molecule has 16 heavy (non-hydrogen) atoms. The van der Waals surface area contributed by atoms with Crippen LogP contribution in [0.4, 0.5) is 0 Å². The van der Waals surface area contributed by atoms with Crippen LogP contribution in [0.5, 0.6) is 0 Å². The number of carbonyl (C=O) groups is 1. The Labute approximate surface area is 118 Å². The molecule has 0 aliphatic carbocycles. The first-order chi connectivity index (χ1) is 6.59. The zero-order chi connectivity index (χ0) is 13.1. The summed E-state index contributed by atoms with van der Waals surface area (Å²) in [6.45, 7) is 11.5. The number of carbonyl (C=O) groups excluding carboxylic acids is 1. The third-order valence-corrected chi connectivity index (χ3v) is 0.534. The zero-order valence-electron chi connectivity index (χ0n) is 9.63. The first-order valence-corrected chi connectivity index (χ1v) is 4.83. The van der Waals surface area contributed by atoms with Gasteiger partial charge < -0.3 is 4.74 Å². The molecule has 0 saturated heterocycles. The van der Waals surface area contributed by atoms with Gasteiger partial charge in [0.05, 0.1) is 7.11 Å². The molecule has 0 atom stereocenters. The second kappa shape index (κ2) is 14.7. The summed E-state index contributed by atoms with van der Waals surface area (Å²) in [5.41, 5.74) is 0.433. The van der Waals surface area contributed by atoms with Crippen molar-refractivity contribution in [2.75, 3.05) is 7.11 Å². The summed E-state index contributed by atoms with van der Waals surface area (Å²) in [5.74, 6) is -0.347. The minimum Gasteiger partial charge on any atom is -0.466 e. The molecule has 0 rings (SSSR count). The minimum atomic E-state index is -4.67. The van der Waals surface area contributed by atoms with Crippen LogP contribution >= 0.6 is 0 Å². The molecule has 0 aromatic heterocycles. The monoisotopic (exact) mass is 262 g/mol. The van der Waals surface area contributed by atoms with Crippen LogP contribution in [0.15, 0.2) is 24.8 Å². The Hall–Kier alpha value is -0.310. The average Bonchev–Trinajstić information content (AvgIpc) is 2.01. The molecule has 0 saturated carbocycles. The van der Waals surface area contributed by atoms with E-state index < -0.39 is 10.4 Å². The summed E-state index contributed by atoms with van der Waals surface area (Å²) < 4.78 is 35.9. The molecule has 0 spiro atoms. The van der Waals surface area contributed by atoms with Crippen molar-refractivity contribution < 1.29 is 56.6 Å². The molecule has 0 fully saturated rings. The molecule has 0 unspecified atom stereocenters. The van der Waals surface area contributed by atoms with Gasteiger partial charge >= 0.3 is 45.9 Å². The van der Waals surface area contributed by atoms with Crippen molar-refractivity contribution in [3.8, 4) is 0 Å². The molecule has 0 heterocycles. The summed E-state index contributed by atoms with van der Waals surface area (Å²) in [7, 11) is -3.34. The first-order valence-electron chi connectivity index (χ1n) is 3.44. The Morgan fingerprint density at radius 1 is 1.44 bits per heavy atom. The molecule has 0 aliphatic heterocycles. The van der Waals surface area contributed by atoms with Crippen LogP contribution in [0.3, 0.4) is 0 Å². The van der Waals surface area contributed by atoms with Gasteiger partial charge in [-0.05, 0) is 6.92 Å². The number of hydrogen-bond acceptors (Lipinski definition) is 4. The molecule has 0 aliphatic rings. The van der Waals surface area contributed by atoms with Crippen LogP contribution in [0.2, 0.25) is 0 Å². The van der Waals surface area contributed by atoms with E-state index in [9.17, 15) is 4.79 Å². The van der Waals surface area contributed by atoms with Crippen LogP contribution in [0.25, 0.3) is 0 Å². The normalized spacial score (nSPS) is 7.75. The molecule has 0 aromatic rings. The summed E-state index contributed by atoms with van der Waals surface area (Å²) in [5, 5.41) is 0. The second-order valence-corrected chi connectivity index (χ2v) is 2.90. The maximum atomic E-state index is 10.2. The molecule has 8 heteroatoms. The van der Waals surface area contributed by atoms with Crippen LogP contribution in [-0.4, -0.2) is 30.6 Å². The van der Waals surface area contributed by atoms with Crippen molar-refractivity contribution in [2.45, 2.75) is 6.92 Å². The van der Waals surface area contributed by atoms with Crippen molar-refractivity contribution in [3.63, 3.8) is 0 Å². The number of methoxy groups -OCH3 is 1. The van der Waals surface area contributed by atoms with E-state index in [0.717, 1.165) is 0 Å². The van der Waals surface area contributed by atoms with E-state index in [4.69, 9.17) is 17.5 Å². The van der Waals surface area contributed by atoms with Gasteiger partial charge in [-0.15, -0.1) is 0 Å². The van der Waals surface area contributed by atoms with Crippen LogP contribution in [0, 0.1) is 6.92 Å². The quantitative estimate of drug-likeness (QED) is 0.188. The van der Waals surface area contributed by atoms with E-state index >= 15 is 0 Å². The minimum absolute atomic E-state index is 0. The van der Waals surface area contributed by atoms with E-state index in [1.807, 2.05) is 0 Å². The van der Waals surface area contributed by atoms with Crippen LogP contribution in [-0.2, 0) is 19.9 Å². The van der Waals surface area contributed by atoms with Gasteiger partial charge in [0, 0.05) is 5.57 Å². The summed E-state index contributed by atoms with van der Waals surface area (Å²) in [6.07, 6.45) is 1.50. The molecule has 0 bridgehead atoms. The summed E-state index contributed by atoms with van der Waals surface area (Å²) in [6, 6.07) is 0. The third kappa shape index (κ3) is 68.1. The number of ether oxygens (including phenoxy) is 1. The van der Waals surface area contributed by atoms with Crippen LogP contribution in [0.1, 0.15) is 6.92 Å². The van der Waals surface area contributed by atoms with Crippen molar-refractivity contribution in [1.29, 1.82) is 0 Å². The molecule has 0 radical (unpaired) electrons. The van der Waals surface area contributed by atoms with E-state index in [1.54, 1.807) is 6.92 Å². The SMILES string of the molecule is C=C(C)C(=O)OC.C=C[CH2-].O=S(=O)(O)O.[Na+]. The molecule has 2 N–H and O–H groups in total. The Morgan fingerprint density at radius 3 is 1.62 bits per heavy atom. The zero-order valence-corrected chi connectivity index (χ0v) is 12.5. The number of esters is 1. The first kappa shape index (κ1) is 24.8. The molecule has 90 valence electrons. The van der Waals surface area contributed by atoms with E-state index in [1.165, 1.54) is 13.2 Å². The van der Waals surface area contributed by atoms with Crippen LogP contribution < -0.4 is 29.6 Å². The number of rotatable bonds is 1. The standard InChI is InChI=1S/C5H8O2.C3H5.Na.H2O4S/c1-4(2)5(6)7-3;1-3-2;;1-5(2,3)4/h1H2,2-3H3;3H,1-2H2;;(H2,1,2,3,4)/q;-1;+1;. The maximum absolute atomic E-state index is 10.2. The predicted octanol–water partition coefficient (Wildman–Crippen LogP) is -1.91. The van der Waals surface area contributed by atoms with Crippen molar-refractivity contribution in [3.05, 3.63) is 31.7 Å². The Balaban J connectivity index is -0.0000000710. The molecular weight excluding hydrogens is 247 g/mol. The summed E-state index contributed by atoms with van der Waals surface area (Å²) >= 11 is 0. The van der Waals surface area contributed by atoms with E-state index in [2.05, 4.69) is 24.8 Å². The molecular formula is C8H15NaO6S. The Bertz CT molecular complexity index is 288. The van der Waals surface area contributed by atoms with Gasteiger partial charge in [-0.25, -0.2) is 24.4 Å². The summed E-state index contributed by atoms with van der Waals surface area (Å²) in [4.78, 5) is 10.2. The van der Waals surface area contributed by atoms with Gasteiger partial charge in [-0.3, -0.25) is 9.11 Å². The Morgan fingerprint density at radius 2 is 1.62 bits per heavy atom. The van der Waals surface area contributed by atoms with Gasteiger partial charge in [0.2, 0.25) is 0 Å². The fourth-order valence-corrected chi connectivity index (χ4v) is 0.174. The largest absolute Gasteiger partial charge is 1.00 e. The van der Waals surface area contributed by atoms with Crippen molar-refractivity contribution in [1.82, 2.24) is 0 Å². The Kier molecular flexibility index (Phi) is 22.7. The maximum Gasteiger partial charge on any atom is 1.00 e. The van der Waals surface area contributed by atoms with Crippen molar-refractivity contribution >= 4 is 16.4 Å². The number of allylic oxidation sites excluding steroid dienone is 1. The van der Waals surface area contributed by atoms with Gasteiger partial charge in [0.25, 0.3) is 0 Å². The van der Waals surface area contributed by atoms with Gasteiger partial charge in [-0.1, -0.05) is 6.58 Å². The van der Waals surface area contributed by atoms with Gasteiger partial charge in [0.1, 0.15) is 0 Å². The topological polar surface area (TPSA) is 101 Å². The van der Waals surface area contributed by atoms with Crippen molar-refractivity contribution in [2.24, 2.45) is 0 Å². The number of hydrogen-bond donors (Lipinski definition) is 2. The van der Waals surface area contributed by atoms with E-state index in [0.29, 0.717) is 5.57 Å². The van der Waals surface area contributed by atoms with E-state index in [-0.39, 0.29) is 35.5 Å². The predicted molar refractivity (Wildman–Crippen MR) is 56.6 cm³/mol. The van der Waals surface area contributed by atoms with Gasteiger partial charge in [-0.2, -0.15) is 8.42 Å². The van der Waals surface area contributed by atoms with Gasteiger partial charge in [0.15, 0.2) is 0 Å². The fourth-order valence-electron chi connectivity index (χ4n) is 0.174. The average molecular weight is 262 g/mol. The fraction of sp³-hybridized carbons (Fsp3) is 0.250.